The molecular weight excluding hydrogens is 645 g/mol. The van der Waals surface area contributed by atoms with Gasteiger partial charge in [0.05, 0.1) is 46.7 Å². The molecule has 5 aromatic heterocycles. The van der Waals surface area contributed by atoms with Gasteiger partial charge in [-0.3, -0.25) is 9.25 Å². The van der Waals surface area contributed by atoms with Crippen LogP contribution in [0, 0.1) is 11.3 Å². The fraction of sp³-hybridized carbons (Fsp3) is 0.290. The predicted octanol–water partition coefficient (Wildman–Crippen LogP) is 3.62. The number of nitriles is 1. The summed E-state index contributed by atoms with van der Waals surface area (Å²) in [5.74, 6) is 1.05. The van der Waals surface area contributed by atoms with Crippen molar-refractivity contribution in [3.05, 3.63) is 79.1 Å². The molecule has 1 N–H and O–H groups in total. The Morgan fingerprint density at radius 1 is 1.06 bits per heavy atom. The quantitative estimate of drug-likeness (QED) is 0.213. The van der Waals surface area contributed by atoms with Gasteiger partial charge in [-0.1, -0.05) is 31.5 Å². The first kappa shape index (κ1) is 30.8. The summed E-state index contributed by atoms with van der Waals surface area (Å²) in [7, 11) is -7.45. The third-order valence-corrected chi connectivity index (χ3v) is 12.0. The maximum atomic E-state index is 13.6. The number of hydrogen-bond acceptors (Lipinski definition) is 10. The average Bonchev–Trinajstić information content (AvgIpc) is 3.86. The molecule has 6 aromatic rings. The highest BCUT2D eigenvalue weighted by atomic mass is 32.2. The van der Waals surface area contributed by atoms with Crippen LogP contribution in [0.4, 0.5) is 0 Å². The molecule has 14 nitrogen and oxygen atoms in total. The highest BCUT2D eigenvalue weighted by Gasteiger charge is 2.50. The summed E-state index contributed by atoms with van der Waals surface area (Å²) >= 11 is 0. The average molecular weight is 675 g/mol. The van der Waals surface area contributed by atoms with Gasteiger partial charge >= 0.3 is 0 Å². The molecule has 0 saturated carbocycles. The lowest BCUT2D eigenvalue weighted by molar-refractivity contribution is 0.0717. The predicted molar refractivity (Wildman–Crippen MR) is 171 cm³/mol. The minimum atomic E-state index is -3.98. The van der Waals surface area contributed by atoms with Crippen molar-refractivity contribution in [2.45, 2.75) is 43.2 Å². The van der Waals surface area contributed by atoms with Crippen LogP contribution in [-0.2, 0) is 32.2 Å². The first-order chi connectivity index (χ1) is 22.6. The van der Waals surface area contributed by atoms with Crippen LogP contribution in [-0.4, -0.2) is 73.4 Å². The van der Waals surface area contributed by atoms with Crippen LogP contribution < -0.4 is 0 Å². The van der Waals surface area contributed by atoms with Gasteiger partial charge in [0.25, 0.3) is 10.0 Å². The number of imidazole rings is 1. The lowest BCUT2D eigenvalue weighted by atomic mass is 9.89. The first-order valence-corrected chi connectivity index (χ1v) is 18.0. The van der Waals surface area contributed by atoms with Gasteiger partial charge in [0, 0.05) is 30.9 Å². The monoisotopic (exact) mass is 674 g/mol. The van der Waals surface area contributed by atoms with E-state index in [9.17, 15) is 27.2 Å². The minimum Gasteiger partial charge on any atom is -0.455 e. The van der Waals surface area contributed by atoms with E-state index in [-0.39, 0.29) is 42.4 Å². The highest BCUT2D eigenvalue weighted by molar-refractivity contribution is 7.90. The minimum absolute atomic E-state index is 0.0395. The molecule has 1 aliphatic rings. The molecule has 0 bridgehead atoms. The van der Waals surface area contributed by atoms with Crippen molar-refractivity contribution >= 4 is 42.1 Å². The first-order valence-electron chi connectivity index (χ1n) is 14.9. The van der Waals surface area contributed by atoms with Gasteiger partial charge in [0.1, 0.15) is 23.4 Å². The summed E-state index contributed by atoms with van der Waals surface area (Å²) in [5, 5.41) is 24.5. The maximum absolute atomic E-state index is 13.6. The van der Waals surface area contributed by atoms with Crippen molar-refractivity contribution in [2.75, 3.05) is 18.8 Å². The summed E-state index contributed by atoms with van der Waals surface area (Å²) < 4.78 is 64.7. The van der Waals surface area contributed by atoms with Crippen molar-refractivity contribution in [3.63, 3.8) is 0 Å². The zero-order valence-electron chi connectivity index (χ0n) is 25.3. The summed E-state index contributed by atoms with van der Waals surface area (Å²) in [6.07, 6.45) is 7.57. The topological polar surface area (TPSA) is 182 Å². The van der Waals surface area contributed by atoms with E-state index < -0.39 is 25.6 Å². The van der Waals surface area contributed by atoms with E-state index in [0.29, 0.717) is 45.9 Å². The van der Waals surface area contributed by atoms with Gasteiger partial charge in [0.2, 0.25) is 10.0 Å². The molecule has 7 rings (SSSR count). The number of fused-ring (bicyclic) bond motifs is 3. The largest absolute Gasteiger partial charge is 0.455 e. The second kappa shape index (κ2) is 11.5. The number of hydrogen-bond donors (Lipinski definition) is 1. The number of rotatable bonds is 11. The number of aromatic nitrogens is 6. The number of sulfonamides is 1. The lowest BCUT2D eigenvalue weighted by Gasteiger charge is -2.47. The smallest absolute Gasteiger partial charge is 0.269 e. The molecule has 6 heterocycles. The van der Waals surface area contributed by atoms with Gasteiger partial charge in [-0.15, -0.1) is 0 Å². The number of pyridine rings is 1. The molecule has 1 saturated heterocycles. The van der Waals surface area contributed by atoms with E-state index in [4.69, 9.17) is 9.40 Å². The normalized spacial score (nSPS) is 15.3. The Morgan fingerprint density at radius 3 is 2.55 bits per heavy atom. The Hall–Kier alpha value is -4.82. The van der Waals surface area contributed by atoms with Crippen LogP contribution in [0.3, 0.4) is 0 Å². The van der Waals surface area contributed by atoms with Gasteiger partial charge < -0.3 is 9.52 Å². The third-order valence-electron chi connectivity index (χ3n) is 8.44. The molecule has 1 aliphatic heterocycles. The van der Waals surface area contributed by atoms with E-state index >= 15 is 0 Å². The summed E-state index contributed by atoms with van der Waals surface area (Å²) in [5.41, 5.74) is 0.799. The Kier molecular flexibility index (Phi) is 7.51. The molecule has 1 aromatic carbocycles. The fourth-order valence-corrected chi connectivity index (χ4v) is 9.07. The molecule has 242 valence electrons. The van der Waals surface area contributed by atoms with Crippen molar-refractivity contribution in [3.8, 4) is 23.3 Å². The van der Waals surface area contributed by atoms with Crippen LogP contribution in [0.2, 0.25) is 0 Å². The lowest BCUT2D eigenvalue weighted by Crippen LogP contribution is -2.64. The SMILES string of the molecule is CCCCS(=O)(=O)N1CC(CC#N)(n2cc(-n3c(-c4ccc(CO)o4)nc4cnc5c(ccn5S(=O)(=O)c5ccccc5)c43)cn2)C1. The summed E-state index contributed by atoms with van der Waals surface area (Å²) in [4.78, 5) is 9.38. The van der Waals surface area contributed by atoms with Crippen molar-refractivity contribution < 1.29 is 26.4 Å². The van der Waals surface area contributed by atoms with Crippen molar-refractivity contribution in [1.29, 1.82) is 5.26 Å². The van der Waals surface area contributed by atoms with Crippen LogP contribution in [0.1, 0.15) is 31.9 Å². The van der Waals surface area contributed by atoms with Crippen molar-refractivity contribution in [2.24, 2.45) is 0 Å². The van der Waals surface area contributed by atoms with E-state index in [1.165, 1.54) is 28.8 Å². The van der Waals surface area contributed by atoms with Crippen LogP contribution >= 0.6 is 0 Å². The highest BCUT2D eigenvalue weighted by Crippen LogP contribution is 2.38. The third kappa shape index (κ3) is 5.02. The number of furan rings is 1. The van der Waals surface area contributed by atoms with E-state index in [1.54, 1.807) is 58.0 Å². The molecule has 0 unspecified atom stereocenters. The molecule has 0 aliphatic carbocycles. The standard InChI is InChI=1S/C31H30N8O6S2/c1-2-3-15-46(41,42)36-20-31(21-36,12-13-32)38-18-22(16-34-38)39-28-25-11-14-37(47(43,44)24-7-5-4-6-8-24)29(25)33-17-26(28)35-30(39)27-10-9-23(19-40)45-27/h4-11,14,16-18,40H,2-3,12,15,19-21H2,1H3. The molecule has 0 spiro atoms. The Morgan fingerprint density at radius 2 is 1.85 bits per heavy atom. The van der Waals surface area contributed by atoms with Gasteiger partial charge in [-0.2, -0.15) is 14.7 Å². The molecule has 0 radical (unpaired) electrons. The van der Waals surface area contributed by atoms with E-state index in [2.05, 4.69) is 16.2 Å². The second-order valence-electron chi connectivity index (χ2n) is 11.5. The zero-order valence-corrected chi connectivity index (χ0v) is 26.9. The van der Waals surface area contributed by atoms with Crippen molar-refractivity contribution in [1.82, 2.24) is 32.6 Å². The Bertz CT molecular complexity index is 2380. The van der Waals surface area contributed by atoms with Gasteiger partial charge in [-0.25, -0.2) is 30.8 Å². The fourth-order valence-electron chi connectivity index (χ4n) is 5.96. The number of aliphatic hydroxyl groups excluding tert-OH is 1. The number of nitrogens with zero attached hydrogens (tertiary/aromatic N) is 8. The molecule has 0 atom stereocenters. The number of aliphatic hydroxyl groups is 1. The molecule has 47 heavy (non-hydrogen) atoms. The Labute approximate surface area is 270 Å². The number of unbranched alkanes of at least 4 members (excludes halogenated alkanes) is 1. The molecular formula is C31H30N8O6S2. The molecule has 1 fully saturated rings. The van der Waals surface area contributed by atoms with Crippen LogP contribution in [0.15, 0.2) is 82.6 Å². The van der Waals surface area contributed by atoms with Crippen LogP contribution in [0.5, 0.6) is 0 Å². The van der Waals surface area contributed by atoms with Crippen LogP contribution in [0.25, 0.3) is 39.3 Å². The zero-order chi connectivity index (χ0) is 33.0. The maximum Gasteiger partial charge on any atom is 0.269 e. The van der Waals surface area contributed by atoms with Gasteiger partial charge in [-0.05, 0) is 36.8 Å². The van der Waals surface area contributed by atoms with Gasteiger partial charge in [0.15, 0.2) is 17.2 Å². The molecule has 16 heteroatoms. The summed E-state index contributed by atoms with van der Waals surface area (Å²) in [6.45, 7) is 1.83. The summed E-state index contributed by atoms with van der Waals surface area (Å²) in [6, 6.07) is 15.2. The Balaban J connectivity index is 1.38. The molecule has 0 amide bonds. The van der Waals surface area contributed by atoms with E-state index in [1.807, 2.05) is 6.92 Å². The second-order valence-corrected chi connectivity index (χ2v) is 15.4. The number of benzene rings is 1. The van der Waals surface area contributed by atoms with E-state index in [0.717, 1.165) is 10.4 Å².